The van der Waals surface area contributed by atoms with E-state index in [0.29, 0.717) is 16.6 Å². The van der Waals surface area contributed by atoms with Crippen molar-refractivity contribution in [2.75, 3.05) is 12.4 Å². The maximum absolute atomic E-state index is 12.4. The number of benzene rings is 2. The van der Waals surface area contributed by atoms with Crippen molar-refractivity contribution in [2.24, 2.45) is 0 Å². The van der Waals surface area contributed by atoms with Gasteiger partial charge in [-0.2, -0.15) is 0 Å². The van der Waals surface area contributed by atoms with Crippen LogP contribution in [0.3, 0.4) is 0 Å². The summed E-state index contributed by atoms with van der Waals surface area (Å²) in [6.07, 6.45) is -0.705. The molecule has 0 aliphatic rings. The van der Waals surface area contributed by atoms with Gasteiger partial charge in [-0.25, -0.2) is 0 Å². The van der Waals surface area contributed by atoms with Gasteiger partial charge in [0.2, 0.25) is 5.13 Å². The van der Waals surface area contributed by atoms with Crippen molar-refractivity contribution in [1.29, 1.82) is 0 Å². The highest BCUT2D eigenvalue weighted by atomic mass is 32.2. The fourth-order valence-electron chi connectivity index (χ4n) is 2.40. The van der Waals surface area contributed by atoms with Crippen LogP contribution in [0.4, 0.5) is 5.13 Å². The lowest BCUT2D eigenvalue weighted by atomic mass is 10.1. The van der Waals surface area contributed by atoms with Crippen LogP contribution in [0.25, 0.3) is 0 Å². The lowest BCUT2D eigenvalue weighted by Crippen LogP contribution is -2.30. The van der Waals surface area contributed by atoms with Crippen LogP contribution in [-0.2, 0) is 10.5 Å². The lowest BCUT2D eigenvalue weighted by Gasteiger charge is -2.15. The van der Waals surface area contributed by atoms with E-state index in [0.717, 1.165) is 10.1 Å². The van der Waals surface area contributed by atoms with Crippen molar-refractivity contribution in [2.45, 2.75) is 30.0 Å². The molecule has 1 heterocycles. The molecule has 146 valence electrons. The first kappa shape index (κ1) is 20.2. The number of hydrogen-bond acceptors (Lipinski definition) is 7. The molecule has 3 aromatic rings. The van der Waals surface area contributed by atoms with Gasteiger partial charge >= 0.3 is 0 Å². The summed E-state index contributed by atoms with van der Waals surface area (Å²) in [6, 6.07) is 15.4. The summed E-state index contributed by atoms with van der Waals surface area (Å²) in [5, 5.41) is 11.4. The number of aromatic nitrogens is 2. The van der Waals surface area contributed by atoms with Gasteiger partial charge in [-0.1, -0.05) is 59.5 Å². The van der Waals surface area contributed by atoms with E-state index < -0.39 is 6.10 Å². The van der Waals surface area contributed by atoms with E-state index in [2.05, 4.69) is 34.6 Å². The Balaban J connectivity index is 1.55. The molecule has 1 aromatic heterocycles. The number of nitrogens with zero attached hydrogens (tertiary/aromatic N) is 2. The summed E-state index contributed by atoms with van der Waals surface area (Å²) in [6.45, 7) is 3.77. The van der Waals surface area contributed by atoms with Crippen LogP contribution in [0.1, 0.15) is 18.1 Å². The zero-order valence-corrected chi connectivity index (χ0v) is 17.5. The zero-order valence-electron chi connectivity index (χ0n) is 15.8. The molecule has 8 heteroatoms. The minimum absolute atomic E-state index is 0.294. The molecule has 0 saturated carbocycles. The number of amides is 1. The van der Waals surface area contributed by atoms with Crippen LogP contribution in [-0.4, -0.2) is 29.3 Å². The molecule has 1 N–H and O–H groups in total. The molecule has 6 nitrogen and oxygen atoms in total. The Hall–Kier alpha value is -2.58. The number of para-hydroxylation sites is 2. The Labute approximate surface area is 172 Å². The molecule has 1 amide bonds. The summed E-state index contributed by atoms with van der Waals surface area (Å²) >= 11 is 2.94. The van der Waals surface area contributed by atoms with Crippen molar-refractivity contribution < 1.29 is 14.3 Å². The second-order valence-electron chi connectivity index (χ2n) is 5.99. The molecule has 0 aliphatic carbocycles. The van der Waals surface area contributed by atoms with Crippen LogP contribution in [0.5, 0.6) is 11.5 Å². The smallest absolute Gasteiger partial charge is 0.266 e. The number of rotatable bonds is 8. The second-order valence-corrected chi connectivity index (χ2v) is 8.19. The third-order valence-electron chi connectivity index (χ3n) is 3.99. The van der Waals surface area contributed by atoms with Gasteiger partial charge in [0, 0.05) is 5.75 Å². The number of hydrogen-bond donors (Lipinski definition) is 1. The molecule has 0 unspecified atom stereocenters. The number of anilines is 1. The third-order valence-corrected chi connectivity index (χ3v) is 6.01. The topological polar surface area (TPSA) is 73.3 Å². The van der Waals surface area contributed by atoms with E-state index in [1.807, 2.05) is 24.3 Å². The quantitative estimate of drug-likeness (QED) is 0.430. The fraction of sp³-hybridized carbons (Fsp3) is 0.250. The van der Waals surface area contributed by atoms with Crippen LogP contribution >= 0.6 is 23.1 Å². The van der Waals surface area contributed by atoms with E-state index in [-0.39, 0.29) is 5.91 Å². The highest BCUT2D eigenvalue weighted by Gasteiger charge is 2.18. The molecular weight excluding hydrogens is 394 g/mol. The predicted molar refractivity (Wildman–Crippen MR) is 112 cm³/mol. The van der Waals surface area contributed by atoms with Crippen molar-refractivity contribution >= 4 is 34.1 Å². The second kappa shape index (κ2) is 9.57. The maximum atomic E-state index is 12.4. The van der Waals surface area contributed by atoms with Crippen molar-refractivity contribution in [3.05, 3.63) is 59.7 Å². The summed E-state index contributed by atoms with van der Waals surface area (Å²) < 4.78 is 11.8. The Morgan fingerprint density at radius 1 is 1.14 bits per heavy atom. The van der Waals surface area contributed by atoms with Crippen LogP contribution < -0.4 is 14.8 Å². The number of carbonyl (C=O) groups excluding carboxylic acids is 1. The van der Waals surface area contributed by atoms with Crippen molar-refractivity contribution in [1.82, 2.24) is 10.2 Å². The van der Waals surface area contributed by atoms with E-state index in [9.17, 15) is 4.79 Å². The van der Waals surface area contributed by atoms with Gasteiger partial charge in [-0.3, -0.25) is 10.1 Å². The number of ether oxygens (including phenoxy) is 2. The maximum Gasteiger partial charge on any atom is 0.266 e. The number of aryl methyl sites for hydroxylation is 1. The molecule has 0 bridgehead atoms. The monoisotopic (exact) mass is 415 g/mol. The summed E-state index contributed by atoms with van der Waals surface area (Å²) in [4.78, 5) is 12.4. The average molecular weight is 416 g/mol. The SMILES string of the molecule is COc1ccccc1O[C@@H](C)C(=O)Nc1nnc(SCc2ccccc2C)s1. The number of methoxy groups -OCH3 is 1. The van der Waals surface area contributed by atoms with E-state index in [4.69, 9.17) is 9.47 Å². The highest BCUT2D eigenvalue weighted by molar-refractivity contribution is 8.00. The van der Waals surface area contributed by atoms with Crippen molar-refractivity contribution in [3.8, 4) is 11.5 Å². The molecule has 0 fully saturated rings. The Bertz CT molecular complexity index is 946. The van der Waals surface area contributed by atoms with Gasteiger partial charge in [0.1, 0.15) is 0 Å². The predicted octanol–water partition coefficient (Wildman–Crippen LogP) is 4.55. The lowest BCUT2D eigenvalue weighted by molar-refractivity contribution is -0.122. The van der Waals surface area contributed by atoms with Crippen LogP contribution in [0, 0.1) is 6.92 Å². The Kier molecular flexibility index (Phi) is 6.89. The molecular formula is C20H21N3O3S2. The molecule has 0 aliphatic heterocycles. The first-order valence-corrected chi connectivity index (χ1v) is 10.5. The molecule has 0 radical (unpaired) electrons. The molecule has 2 aromatic carbocycles. The Morgan fingerprint density at radius 3 is 2.61 bits per heavy atom. The number of nitrogens with one attached hydrogen (secondary N) is 1. The van der Waals surface area contributed by atoms with Gasteiger partial charge in [0.15, 0.2) is 21.9 Å². The normalized spacial score (nSPS) is 11.7. The van der Waals surface area contributed by atoms with Crippen LogP contribution in [0.2, 0.25) is 0 Å². The van der Waals surface area contributed by atoms with Gasteiger partial charge < -0.3 is 9.47 Å². The van der Waals surface area contributed by atoms with E-state index in [1.54, 1.807) is 37.9 Å². The van der Waals surface area contributed by atoms with Gasteiger partial charge in [0.25, 0.3) is 5.91 Å². The van der Waals surface area contributed by atoms with E-state index >= 15 is 0 Å². The van der Waals surface area contributed by atoms with Crippen molar-refractivity contribution in [3.63, 3.8) is 0 Å². The molecule has 3 rings (SSSR count). The molecule has 0 spiro atoms. The third kappa shape index (κ3) is 5.24. The Morgan fingerprint density at radius 2 is 1.86 bits per heavy atom. The molecule has 28 heavy (non-hydrogen) atoms. The van der Waals surface area contributed by atoms with Gasteiger partial charge in [0.05, 0.1) is 7.11 Å². The first-order chi connectivity index (χ1) is 13.6. The minimum Gasteiger partial charge on any atom is -0.493 e. The number of thioether (sulfide) groups is 1. The highest BCUT2D eigenvalue weighted by Crippen LogP contribution is 2.30. The number of carbonyl (C=O) groups is 1. The standard InChI is InChI=1S/C20H21N3O3S2/c1-13-8-4-5-9-15(13)12-27-20-23-22-19(28-20)21-18(24)14(2)26-17-11-7-6-10-16(17)25-3/h4-11,14H,12H2,1-3H3,(H,21,22,24)/t14-/m0/s1. The van der Waals surface area contributed by atoms with Crippen LogP contribution in [0.15, 0.2) is 52.9 Å². The van der Waals surface area contributed by atoms with Gasteiger partial charge in [-0.15, -0.1) is 10.2 Å². The summed E-state index contributed by atoms with van der Waals surface area (Å²) in [5.41, 5.74) is 2.50. The minimum atomic E-state index is -0.705. The fourth-order valence-corrected chi connectivity index (χ4v) is 4.23. The van der Waals surface area contributed by atoms with E-state index in [1.165, 1.54) is 22.5 Å². The largest absolute Gasteiger partial charge is 0.493 e. The summed E-state index contributed by atoms with van der Waals surface area (Å²) in [5.74, 6) is 1.60. The zero-order chi connectivity index (χ0) is 19.9. The molecule has 1 atom stereocenters. The average Bonchev–Trinajstić information content (AvgIpc) is 3.15. The molecule has 0 saturated heterocycles. The first-order valence-electron chi connectivity index (χ1n) is 8.68. The van der Waals surface area contributed by atoms with Gasteiger partial charge in [-0.05, 0) is 37.1 Å². The summed E-state index contributed by atoms with van der Waals surface area (Å²) in [7, 11) is 1.56.